The highest BCUT2D eigenvalue weighted by Gasteiger charge is 2.36. The van der Waals surface area contributed by atoms with Gasteiger partial charge in [-0.05, 0) is 63.3 Å². The number of methoxy groups -OCH3 is 1. The molecule has 1 amide bonds. The lowest BCUT2D eigenvalue weighted by Gasteiger charge is -2.39. The second-order valence-electron chi connectivity index (χ2n) is 5.70. The van der Waals surface area contributed by atoms with Gasteiger partial charge in [0.1, 0.15) is 0 Å². The van der Waals surface area contributed by atoms with E-state index in [-0.39, 0.29) is 12.1 Å². The first-order valence-electron chi connectivity index (χ1n) is 6.96. The molecule has 1 heterocycles. The van der Waals surface area contributed by atoms with Crippen molar-refractivity contribution in [2.45, 2.75) is 53.2 Å². The van der Waals surface area contributed by atoms with E-state index in [1.54, 1.807) is 4.90 Å². The second-order valence-corrected chi connectivity index (χ2v) is 5.70. The van der Waals surface area contributed by atoms with Crippen LogP contribution < -0.4 is 4.90 Å². The molecule has 0 fully saturated rings. The van der Waals surface area contributed by atoms with Crippen molar-refractivity contribution in [3.63, 3.8) is 0 Å². The molecule has 1 aromatic rings. The Bertz CT molecular complexity index is 566. The van der Waals surface area contributed by atoms with Gasteiger partial charge in [-0.3, -0.25) is 4.90 Å². The smallest absolute Gasteiger partial charge is 0.414 e. The third-order valence-corrected chi connectivity index (χ3v) is 4.65. The van der Waals surface area contributed by atoms with Gasteiger partial charge < -0.3 is 9.84 Å². The van der Waals surface area contributed by atoms with Crippen LogP contribution in [0.15, 0.2) is 0 Å². The molecule has 4 nitrogen and oxygen atoms in total. The van der Waals surface area contributed by atoms with E-state index < -0.39 is 6.10 Å². The first-order chi connectivity index (χ1) is 9.31. The number of anilines is 1. The zero-order chi connectivity index (χ0) is 15.2. The van der Waals surface area contributed by atoms with Crippen molar-refractivity contribution in [2.75, 3.05) is 12.0 Å². The maximum atomic E-state index is 12.1. The second kappa shape index (κ2) is 5.09. The van der Waals surface area contributed by atoms with Crippen molar-refractivity contribution in [1.29, 1.82) is 0 Å². The fraction of sp³-hybridized carbons (Fsp3) is 0.562. The van der Waals surface area contributed by atoms with Crippen molar-refractivity contribution in [1.82, 2.24) is 0 Å². The monoisotopic (exact) mass is 277 g/mol. The molecule has 1 N–H and O–H groups in total. The number of aliphatic hydroxyl groups is 1. The molecule has 20 heavy (non-hydrogen) atoms. The summed E-state index contributed by atoms with van der Waals surface area (Å²) in [5.74, 6) is 0. The highest BCUT2D eigenvalue weighted by atomic mass is 16.5. The molecule has 0 radical (unpaired) electrons. The summed E-state index contributed by atoms with van der Waals surface area (Å²) in [7, 11) is 1.39. The Morgan fingerprint density at radius 1 is 1.15 bits per heavy atom. The fourth-order valence-corrected chi connectivity index (χ4v) is 3.18. The molecule has 1 aromatic carbocycles. The summed E-state index contributed by atoms with van der Waals surface area (Å²) < 4.78 is 4.92. The maximum absolute atomic E-state index is 12.1. The van der Waals surface area contributed by atoms with Crippen LogP contribution in [0.4, 0.5) is 10.5 Å². The molecule has 1 aliphatic heterocycles. The third kappa shape index (κ3) is 1.99. The number of aliphatic hydroxyl groups excluding tert-OH is 1. The summed E-state index contributed by atoms with van der Waals surface area (Å²) in [6.45, 7) is 10.1. The number of nitrogens with zero attached hydrogens (tertiary/aromatic N) is 1. The van der Waals surface area contributed by atoms with Crippen LogP contribution >= 0.6 is 0 Å². The Morgan fingerprint density at radius 2 is 1.70 bits per heavy atom. The molecule has 0 bridgehead atoms. The molecule has 2 atom stereocenters. The Balaban J connectivity index is 2.78. The Morgan fingerprint density at radius 3 is 2.25 bits per heavy atom. The summed E-state index contributed by atoms with van der Waals surface area (Å²) in [4.78, 5) is 13.8. The average molecular weight is 277 g/mol. The molecule has 2 unspecified atom stereocenters. The molecule has 2 rings (SSSR count). The summed E-state index contributed by atoms with van der Waals surface area (Å²) in [6, 6.07) is -0.0786. The van der Waals surface area contributed by atoms with E-state index in [4.69, 9.17) is 4.74 Å². The Labute approximate surface area is 120 Å². The number of carbonyl (C=O) groups is 1. The summed E-state index contributed by atoms with van der Waals surface area (Å²) in [5, 5.41) is 10.4. The summed E-state index contributed by atoms with van der Waals surface area (Å²) in [5.41, 5.74) is 6.14. The number of hydrogen-bond donors (Lipinski definition) is 1. The third-order valence-electron chi connectivity index (χ3n) is 4.65. The van der Waals surface area contributed by atoms with Crippen molar-refractivity contribution >= 4 is 11.8 Å². The first-order valence-corrected chi connectivity index (χ1v) is 6.96. The van der Waals surface area contributed by atoms with Gasteiger partial charge in [-0.2, -0.15) is 0 Å². The van der Waals surface area contributed by atoms with Crippen LogP contribution in [-0.4, -0.2) is 24.4 Å². The van der Waals surface area contributed by atoms with Crippen molar-refractivity contribution in [3.8, 4) is 0 Å². The number of ether oxygens (including phenoxy) is 1. The lowest BCUT2D eigenvalue weighted by atomic mass is 9.84. The first kappa shape index (κ1) is 14.9. The van der Waals surface area contributed by atoms with Crippen LogP contribution in [0.2, 0.25) is 0 Å². The minimum atomic E-state index is -0.529. The molecule has 0 saturated carbocycles. The highest BCUT2D eigenvalue weighted by molar-refractivity contribution is 5.92. The van der Waals surface area contributed by atoms with Crippen LogP contribution in [0, 0.1) is 27.7 Å². The quantitative estimate of drug-likeness (QED) is 0.791. The van der Waals surface area contributed by atoms with Gasteiger partial charge in [-0.15, -0.1) is 0 Å². The molecule has 0 aliphatic carbocycles. The summed E-state index contributed by atoms with van der Waals surface area (Å²) in [6.07, 6.45) is -0.361. The van der Waals surface area contributed by atoms with E-state index in [9.17, 15) is 9.90 Å². The predicted octanol–water partition coefficient (Wildman–Crippen LogP) is 3.32. The van der Waals surface area contributed by atoms with E-state index in [1.165, 1.54) is 12.7 Å². The van der Waals surface area contributed by atoms with Gasteiger partial charge in [0.2, 0.25) is 0 Å². The average Bonchev–Trinajstić information content (AvgIpc) is 2.41. The maximum Gasteiger partial charge on any atom is 0.414 e. The van der Waals surface area contributed by atoms with Crippen LogP contribution in [0.5, 0.6) is 0 Å². The zero-order valence-electron chi connectivity index (χ0n) is 13.1. The molecular formula is C16H23NO3. The lowest BCUT2D eigenvalue weighted by Crippen LogP contribution is -2.44. The molecule has 0 aromatic heterocycles. The molecule has 1 aliphatic rings. The number of rotatable bonds is 0. The van der Waals surface area contributed by atoms with E-state index >= 15 is 0 Å². The van der Waals surface area contributed by atoms with Gasteiger partial charge in [0, 0.05) is 11.6 Å². The van der Waals surface area contributed by atoms with E-state index in [1.807, 2.05) is 20.8 Å². The molecule has 0 saturated heterocycles. The topological polar surface area (TPSA) is 49.8 Å². The molecule has 0 spiro atoms. The van der Waals surface area contributed by atoms with Gasteiger partial charge in [0.15, 0.2) is 0 Å². The summed E-state index contributed by atoms with van der Waals surface area (Å²) >= 11 is 0. The largest absolute Gasteiger partial charge is 0.452 e. The molecular weight excluding hydrogens is 254 g/mol. The number of benzene rings is 1. The minimum absolute atomic E-state index is 0.0786. The number of carbonyl (C=O) groups excluding carboxylic acids is 1. The fourth-order valence-electron chi connectivity index (χ4n) is 3.18. The van der Waals surface area contributed by atoms with Gasteiger partial charge in [-0.25, -0.2) is 4.79 Å². The normalized spacial score (nSPS) is 21.6. The van der Waals surface area contributed by atoms with Crippen LogP contribution in [-0.2, 0) is 4.74 Å². The standard InChI is InChI=1S/C16H23NO3/c1-8-7-13(18)14-11(4)9(2)10(3)12(5)15(14)17(8)16(19)20-6/h8,13,18H,7H2,1-6H3. The van der Waals surface area contributed by atoms with Crippen molar-refractivity contribution < 1.29 is 14.6 Å². The predicted molar refractivity (Wildman–Crippen MR) is 79.3 cm³/mol. The van der Waals surface area contributed by atoms with Gasteiger partial charge in [0.25, 0.3) is 0 Å². The number of amides is 1. The van der Waals surface area contributed by atoms with E-state index in [0.717, 1.165) is 27.9 Å². The zero-order valence-corrected chi connectivity index (χ0v) is 13.1. The minimum Gasteiger partial charge on any atom is -0.452 e. The van der Waals surface area contributed by atoms with Gasteiger partial charge in [0.05, 0.1) is 18.9 Å². The molecule has 4 heteroatoms. The lowest BCUT2D eigenvalue weighted by molar-refractivity contribution is 0.141. The Hall–Kier alpha value is -1.55. The SMILES string of the molecule is COC(=O)N1c2c(C)c(C)c(C)c(C)c2C(O)CC1C. The van der Waals surface area contributed by atoms with Crippen molar-refractivity contribution in [3.05, 3.63) is 27.8 Å². The van der Waals surface area contributed by atoms with Crippen molar-refractivity contribution in [2.24, 2.45) is 0 Å². The number of fused-ring (bicyclic) bond motifs is 1. The highest BCUT2D eigenvalue weighted by Crippen LogP contribution is 2.44. The van der Waals surface area contributed by atoms with Gasteiger partial charge in [-0.1, -0.05) is 0 Å². The van der Waals surface area contributed by atoms with Crippen LogP contribution in [0.3, 0.4) is 0 Å². The van der Waals surface area contributed by atoms with Gasteiger partial charge >= 0.3 is 6.09 Å². The number of hydrogen-bond acceptors (Lipinski definition) is 3. The molecule has 110 valence electrons. The van der Waals surface area contributed by atoms with Crippen LogP contribution in [0.25, 0.3) is 0 Å². The van der Waals surface area contributed by atoms with E-state index in [0.29, 0.717) is 6.42 Å². The van der Waals surface area contributed by atoms with E-state index in [2.05, 4.69) is 13.8 Å². The Kier molecular flexibility index (Phi) is 3.78. The van der Waals surface area contributed by atoms with Crippen LogP contribution in [0.1, 0.15) is 47.3 Å².